The summed E-state index contributed by atoms with van der Waals surface area (Å²) in [5.41, 5.74) is 0.686. The Morgan fingerprint density at radius 1 is 1.05 bits per heavy atom. The second-order valence-corrected chi connectivity index (χ2v) is 10.9. The van der Waals surface area contributed by atoms with E-state index in [1.165, 1.54) is 15.3 Å². The van der Waals surface area contributed by atoms with Gasteiger partial charge in [0, 0.05) is 31.1 Å². The minimum atomic E-state index is -3.66. The molecule has 10 heteroatoms. The molecule has 0 aliphatic heterocycles. The van der Waals surface area contributed by atoms with Crippen LogP contribution in [0.5, 0.6) is 5.75 Å². The normalized spacial score (nSPS) is 12.9. The van der Waals surface area contributed by atoms with Crippen LogP contribution in [0, 0.1) is 5.82 Å². The van der Waals surface area contributed by atoms with Crippen molar-refractivity contribution >= 4 is 27.5 Å². The fourth-order valence-corrected chi connectivity index (χ4v) is 4.75. The van der Waals surface area contributed by atoms with Gasteiger partial charge in [-0.05, 0) is 51.8 Å². The molecular formula is C27H38FN3O5S. The molecule has 37 heavy (non-hydrogen) atoms. The first-order valence-corrected chi connectivity index (χ1v) is 14.4. The van der Waals surface area contributed by atoms with E-state index in [0.717, 1.165) is 12.7 Å². The molecule has 0 heterocycles. The third kappa shape index (κ3) is 8.73. The van der Waals surface area contributed by atoms with Gasteiger partial charge in [0.05, 0.1) is 18.6 Å². The fourth-order valence-electron chi connectivity index (χ4n) is 3.78. The third-order valence-electron chi connectivity index (χ3n) is 6.05. The van der Waals surface area contributed by atoms with Crippen LogP contribution < -0.4 is 14.4 Å². The molecule has 2 rings (SSSR count). The first-order valence-electron chi connectivity index (χ1n) is 12.5. The van der Waals surface area contributed by atoms with Gasteiger partial charge in [-0.3, -0.25) is 13.9 Å². The van der Waals surface area contributed by atoms with Gasteiger partial charge in [0.15, 0.2) is 0 Å². The van der Waals surface area contributed by atoms with Gasteiger partial charge in [-0.1, -0.05) is 37.3 Å². The van der Waals surface area contributed by atoms with Crippen LogP contribution in [0.2, 0.25) is 0 Å². The molecule has 0 spiro atoms. The summed E-state index contributed by atoms with van der Waals surface area (Å²) in [6, 6.07) is 12.0. The van der Waals surface area contributed by atoms with Crippen molar-refractivity contribution in [2.24, 2.45) is 0 Å². The Hall–Kier alpha value is -3.14. The molecule has 0 fully saturated rings. The second kappa shape index (κ2) is 14.0. The van der Waals surface area contributed by atoms with Gasteiger partial charge < -0.3 is 15.0 Å². The molecule has 0 saturated carbocycles. The number of nitrogens with one attached hydrogen (secondary N) is 1. The smallest absolute Gasteiger partial charge is 0.242 e. The number of amides is 2. The molecule has 8 nitrogen and oxygen atoms in total. The number of para-hydroxylation sites is 2. The molecule has 2 atom stereocenters. The predicted octanol–water partition coefficient (Wildman–Crippen LogP) is 4.10. The minimum Gasteiger partial charge on any atom is -0.492 e. The molecule has 204 valence electrons. The zero-order valence-corrected chi connectivity index (χ0v) is 23.1. The van der Waals surface area contributed by atoms with E-state index in [-0.39, 0.29) is 43.8 Å². The van der Waals surface area contributed by atoms with E-state index in [4.69, 9.17) is 4.74 Å². The molecule has 2 aromatic rings. The molecule has 0 aromatic heterocycles. The maximum Gasteiger partial charge on any atom is 0.242 e. The molecule has 2 aromatic carbocycles. The SMILES string of the molecule is CCOc1ccccc1N(CCCC(=O)N(Cc1ccccc1F)[C@@H](C)C(=O)N[C@@H](C)CC)S(C)(=O)=O. The number of anilines is 1. The fraction of sp³-hybridized carbons (Fsp3) is 0.481. The Morgan fingerprint density at radius 3 is 2.32 bits per heavy atom. The number of nitrogens with zero attached hydrogens (tertiary/aromatic N) is 2. The summed E-state index contributed by atoms with van der Waals surface area (Å²) in [5, 5.41) is 2.87. The Labute approximate surface area is 219 Å². The molecule has 0 radical (unpaired) electrons. The molecule has 1 N–H and O–H groups in total. The first kappa shape index (κ1) is 30.1. The highest BCUT2D eigenvalue weighted by molar-refractivity contribution is 7.92. The quantitative estimate of drug-likeness (QED) is 0.393. The van der Waals surface area contributed by atoms with Gasteiger partial charge in [0.1, 0.15) is 17.6 Å². The summed E-state index contributed by atoms with van der Waals surface area (Å²) in [5.74, 6) is -0.743. The highest BCUT2D eigenvalue weighted by atomic mass is 32.2. The Bertz CT molecular complexity index is 1160. The second-order valence-electron chi connectivity index (χ2n) is 8.95. The molecule has 0 aliphatic carbocycles. The number of ether oxygens (including phenoxy) is 1. The lowest BCUT2D eigenvalue weighted by atomic mass is 10.1. The van der Waals surface area contributed by atoms with E-state index in [9.17, 15) is 22.4 Å². The van der Waals surface area contributed by atoms with Crippen LogP contribution in [0.3, 0.4) is 0 Å². The monoisotopic (exact) mass is 535 g/mol. The lowest BCUT2D eigenvalue weighted by Gasteiger charge is -2.30. The van der Waals surface area contributed by atoms with Gasteiger partial charge in [0.25, 0.3) is 0 Å². The standard InChI is InChI=1S/C27H38FN3O5S/c1-6-20(3)29-27(33)21(4)30(19-22-13-8-9-14-23(22)28)26(32)17-12-18-31(37(5,34)35)24-15-10-11-16-25(24)36-7-2/h8-11,13-16,20-21H,6-7,12,17-19H2,1-5H3,(H,29,33)/t20-,21-/m0/s1. The van der Waals surface area contributed by atoms with E-state index in [0.29, 0.717) is 23.6 Å². The number of rotatable bonds is 14. The van der Waals surface area contributed by atoms with Gasteiger partial charge in [-0.2, -0.15) is 0 Å². The maximum atomic E-state index is 14.4. The summed E-state index contributed by atoms with van der Waals surface area (Å²) in [6.07, 6.45) is 1.99. The molecule has 0 bridgehead atoms. The Morgan fingerprint density at radius 2 is 1.70 bits per heavy atom. The van der Waals surface area contributed by atoms with Crippen molar-refractivity contribution in [1.29, 1.82) is 0 Å². The number of hydrogen-bond donors (Lipinski definition) is 1. The molecule has 2 amide bonds. The molecule has 0 aliphatic rings. The van der Waals surface area contributed by atoms with Crippen LogP contribution in [0.4, 0.5) is 10.1 Å². The van der Waals surface area contributed by atoms with Crippen LogP contribution in [0.15, 0.2) is 48.5 Å². The lowest BCUT2D eigenvalue weighted by molar-refractivity contribution is -0.141. The van der Waals surface area contributed by atoms with Crippen molar-refractivity contribution in [1.82, 2.24) is 10.2 Å². The summed E-state index contributed by atoms with van der Waals surface area (Å²) in [6.45, 7) is 7.55. The highest BCUT2D eigenvalue weighted by Gasteiger charge is 2.28. The lowest BCUT2D eigenvalue weighted by Crippen LogP contribution is -2.49. The largest absolute Gasteiger partial charge is 0.492 e. The summed E-state index contributed by atoms with van der Waals surface area (Å²) in [4.78, 5) is 27.5. The number of halogens is 1. The third-order valence-corrected chi connectivity index (χ3v) is 7.23. The zero-order chi connectivity index (χ0) is 27.6. The number of sulfonamides is 1. The number of benzene rings is 2. The Balaban J connectivity index is 2.22. The van der Waals surface area contributed by atoms with E-state index in [1.807, 2.05) is 20.8 Å². The van der Waals surface area contributed by atoms with Crippen LogP contribution in [-0.2, 0) is 26.2 Å². The molecular weight excluding hydrogens is 497 g/mol. The van der Waals surface area contributed by atoms with Crippen LogP contribution in [-0.4, -0.2) is 56.6 Å². The summed E-state index contributed by atoms with van der Waals surface area (Å²) < 4.78 is 46.4. The number of carbonyl (C=O) groups is 2. The van der Waals surface area contributed by atoms with Crippen LogP contribution in [0.25, 0.3) is 0 Å². The summed E-state index contributed by atoms with van der Waals surface area (Å²) >= 11 is 0. The van der Waals surface area contributed by atoms with E-state index >= 15 is 0 Å². The van der Waals surface area contributed by atoms with Crippen molar-refractivity contribution in [3.8, 4) is 5.75 Å². The predicted molar refractivity (Wildman–Crippen MR) is 143 cm³/mol. The van der Waals surface area contributed by atoms with Crippen molar-refractivity contribution in [2.75, 3.05) is 23.7 Å². The Kier molecular flexibility index (Phi) is 11.4. The van der Waals surface area contributed by atoms with E-state index in [2.05, 4.69) is 5.32 Å². The first-order chi connectivity index (χ1) is 17.5. The van der Waals surface area contributed by atoms with E-state index < -0.39 is 21.9 Å². The average Bonchev–Trinajstić information content (AvgIpc) is 2.85. The summed E-state index contributed by atoms with van der Waals surface area (Å²) in [7, 11) is -3.66. The minimum absolute atomic E-state index is 0.0295. The number of carbonyl (C=O) groups excluding carboxylic acids is 2. The highest BCUT2D eigenvalue weighted by Crippen LogP contribution is 2.30. The zero-order valence-electron chi connectivity index (χ0n) is 22.2. The topological polar surface area (TPSA) is 96.0 Å². The average molecular weight is 536 g/mol. The number of hydrogen-bond acceptors (Lipinski definition) is 5. The van der Waals surface area contributed by atoms with Gasteiger partial charge in [-0.15, -0.1) is 0 Å². The van der Waals surface area contributed by atoms with Crippen molar-refractivity contribution in [3.05, 3.63) is 59.9 Å². The molecule has 0 unspecified atom stereocenters. The van der Waals surface area contributed by atoms with Gasteiger partial charge in [0.2, 0.25) is 21.8 Å². The van der Waals surface area contributed by atoms with Crippen molar-refractivity contribution < 1.29 is 27.1 Å². The molecule has 0 saturated heterocycles. The van der Waals surface area contributed by atoms with Gasteiger partial charge in [-0.25, -0.2) is 12.8 Å². The van der Waals surface area contributed by atoms with Crippen LogP contribution in [0.1, 0.15) is 52.5 Å². The van der Waals surface area contributed by atoms with Crippen molar-refractivity contribution in [2.45, 2.75) is 65.6 Å². The van der Waals surface area contributed by atoms with Crippen molar-refractivity contribution in [3.63, 3.8) is 0 Å². The van der Waals surface area contributed by atoms with Crippen LogP contribution >= 0.6 is 0 Å². The van der Waals surface area contributed by atoms with E-state index in [1.54, 1.807) is 49.4 Å². The maximum absolute atomic E-state index is 14.4. The van der Waals surface area contributed by atoms with Gasteiger partial charge >= 0.3 is 0 Å².